The molecule has 0 spiro atoms. The number of amidine groups is 1. The molecule has 1 heterocycles. The van der Waals surface area contributed by atoms with Crippen molar-refractivity contribution < 1.29 is 14.3 Å². The maximum atomic E-state index is 12.0. The number of benzene rings is 1. The molecule has 1 saturated heterocycles. The molecule has 1 aliphatic heterocycles. The van der Waals surface area contributed by atoms with Gasteiger partial charge in [-0.2, -0.15) is 0 Å². The standard InChI is InChI=1S/C15H19Cl2N3O3/c1-2-22-15(21)14(18-9-11-4-3-7-23-11)20-19-13-8-10(16)5-6-12(13)17/h5-6,8,11,19H,2-4,7,9H2,1H3,(H,18,20)/t11-/m0/s1. The van der Waals surface area contributed by atoms with Crippen LogP contribution in [0.5, 0.6) is 0 Å². The van der Waals surface area contributed by atoms with Gasteiger partial charge in [0.25, 0.3) is 0 Å². The van der Waals surface area contributed by atoms with E-state index in [0.29, 0.717) is 22.3 Å². The number of ether oxygens (including phenoxy) is 2. The summed E-state index contributed by atoms with van der Waals surface area (Å²) in [7, 11) is 0. The van der Waals surface area contributed by atoms with Crippen LogP contribution in [0.1, 0.15) is 19.8 Å². The lowest BCUT2D eigenvalue weighted by Gasteiger charge is -2.14. The van der Waals surface area contributed by atoms with E-state index in [9.17, 15) is 4.79 Å². The monoisotopic (exact) mass is 359 g/mol. The molecule has 0 bridgehead atoms. The van der Waals surface area contributed by atoms with Crippen LogP contribution in [0, 0.1) is 0 Å². The Bertz CT molecular complexity index is 575. The average Bonchev–Trinajstić information content (AvgIpc) is 3.04. The number of carbonyl (C=O) groups is 1. The van der Waals surface area contributed by atoms with Crippen LogP contribution in [0.4, 0.5) is 5.69 Å². The van der Waals surface area contributed by atoms with Crippen molar-refractivity contribution in [2.24, 2.45) is 4.99 Å². The van der Waals surface area contributed by atoms with Crippen molar-refractivity contribution in [2.45, 2.75) is 25.9 Å². The summed E-state index contributed by atoms with van der Waals surface area (Å²) in [6, 6.07) is 4.97. The van der Waals surface area contributed by atoms with E-state index < -0.39 is 5.97 Å². The number of esters is 1. The van der Waals surface area contributed by atoms with Gasteiger partial charge in [0, 0.05) is 11.6 Å². The van der Waals surface area contributed by atoms with Crippen molar-refractivity contribution in [3.8, 4) is 0 Å². The molecule has 126 valence electrons. The normalized spacial score (nSPS) is 17.9. The van der Waals surface area contributed by atoms with Crippen molar-refractivity contribution >= 4 is 40.7 Å². The Morgan fingerprint density at radius 3 is 3.00 bits per heavy atom. The molecule has 1 aromatic rings. The number of aliphatic imine (C=N–C) groups is 1. The molecule has 1 atom stereocenters. The quantitative estimate of drug-likeness (QED) is 0.366. The zero-order valence-electron chi connectivity index (χ0n) is 12.8. The first-order valence-electron chi connectivity index (χ1n) is 7.40. The summed E-state index contributed by atoms with van der Waals surface area (Å²) in [5, 5.41) is 0.983. The second kappa shape index (κ2) is 8.96. The molecule has 2 rings (SSSR count). The Hall–Kier alpha value is -1.50. The van der Waals surface area contributed by atoms with E-state index in [-0.39, 0.29) is 18.5 Å². The fraction of sp³-hybridized carbons (Fsp3) is 0.467. The van der Waals surface area contributed by atoms with E-state index in [4.69, 9.17) is 32.7 Å². The zero-order valence-corrected chi connectivity index (χ0v) is 14.3. The highest BCUT2D eigenvalue weighted by molar-refractivity contribution is 6.36. The van der Waals surface area contributed by atoms with E-state index in [2.05, 4.69) is 15.8 Å². The summed E-state index contributed by atoms with van der Waals surface area (Å²) in [6.07, 6.45) is 1.99. The topological polar surface area (TPSA) is 72.0 Å². The summed E-state index contributed by atoms with van der Waals surface area (Å²) in [6.45, 7) is 3.12. The molecule has 1 aromatic carbocycles. The van der Waals surface area contributed by atoms with Gasteiger partial charge in [0.2, 0.25) is 5.84 Å². The SMILES string of the molecule is CCOC(=O)C(=NC[C@@H]1CCCO1)NNc1cc(Cl)ccc1Cl. The minimum absolute atomic E-state index is 0.0379. The molecule has 1 fully saturated rings. The minimum Gasteiger partial charge on any atom is -0.460 e. The molecule has 2 N–H and O–H groups in total. The molecule has 23 heavy (non-hydrogen) atoms. The van der Waals surface area contributed by atoms with Crippen molar-refractivity contribution in [3.63, 3.8) is 0 Å². The number of nitrogens with one attached hydrogen (secondary N) is 2. The highest BCUT2D eigenvalue weighted by Gasteiger charge is 2.18. The summed E-state index contributed by atoms with van der Waals surface area (Å²) in [5.74, 6) is -0.477. The number of carbonyl (C=O) groups excluding carboxylic acids is 1. The van der Waals surface area contributed by atoms with Gasteiger partial charge in [-0.25, -0.2) is 4.79 Å². The fourth-order valence-corrected chi connectivity index (χ4v) is 2.39. The Morgan fingerprint density at radius 1 is 1.48 bits per heavy atom. The van der Waals surface area contributed by atoms with E-state index in [1.807, 2.05) is 0 Å². The van der Waals surface area contributed by atoms with Crippen molar-refractivity contribution in [1.82, 2.24) is 5.43 Å². The molecular weight excluding hydrogens is 341 g/mol. The first-order valence-corrected chi connectivity index (χ1v) is 8.16. The van der Waals surface area contributed by atoms with E-state index in [0.717, 1.165) is 19.4 Å². The number of rotatable bonds is 5. The maximum absolute atomic E-state index is 12.0. The first-order chi connectivity index (χ1) is 11.1. The Labute approximate surface area is 145 Å². The predicted molar refractivity (Wildman–Crippen MR) is 91.1 cm³/mol. The van der Waals surface area contributed by atoms with Gasteiger partial charge in [-0.05, 0) is 38.0 Å². The van der Waals surface area contributed by atoms with Crippen LogP contribution < -0.4 is 10.9 Å². The smallest absolute Gasteiger partial charge is 0.375 e. The van der Waals surface area contributed by atoms with Gasteiger partial charge in [0.1, 0.15) is 0 Å². The summed E-state index contributed by atoms with van der Waals surface area (Å²) >= 11 is 12.0. The molecule has 0 aliphatic carbocycles. The highest BCUT2D eigenvalue weighted by atomic mass is 35.5. The number of hydrogen-bond donors (Lipinski definition) is 2. The van der Waals surface area contributed by atoms with Crippen LogP contribution in [0.15, 0.2) is 23.2 Å². The summed E-state index contributed by atoms with van der Waals surface area (Å²) < 4.78 is 10.5. The molecule has 0 unspecified atom stereocenters. The second-order valence-corrected chi connectivity index (χ2v) is 5.76. The molecule has 0 saturated carbocycles. The first kappa shape index (κ1) is 17.8. The van der Waals surface area contributed by atoms with Crippen LogP contribution >= 0.6 is 23.2 Å². The van der Waals surface area contributed by atoms with E-state index >= 15 is 0 Å². The summed E-state index contributed by atoms with van der Waals surface area (Å²) in [5.41, 5.74) is 6.10. The Morgan fingerprint density at radius 2 is 2.30 bits per heavy atom. The van der Waals surface area contributed by atoms with Crippen LogP contribution in [0.2, 0.25) is 10.0 Å². The van der Waals surface area contributed by atoms with Crippen LogP contribution in [0.25, 0.3) is 0 Å². The third-order valence-electron chi connectivity index (χ3n) is 3.19. The van der Waals surface area contributed by atoms with Gasteiger partial charge >= 0.3 is 5.97 Å². The number of hydrazine groups is 1. The van der Waals surface area contributed by atoms with Crippen molar-refractivity contribution in [3.05, 3.63) is 28.2 Å². The number of nitrogens with zero attached hydrogens (tertiary/aromatic N) is 1. The fourth-order valence-electron chi connectivity index (χ4n) is 2.06. The molecule has 0 amide bonds. The lowest BCUT2D eigenvalue weighted by Crippen LogP contribution is -2.37. The largest absolute Gasteiger partial charge is 0.460 e. The van der Waals surface area contributed by atoms with Gasteiger partial charge in [-0.1, -0.05) is 23.2 Å². The lowest BCUT2D eigenvalue weighted by molar-refractivity contribution is -0.135. The number of halogens is 2. The van der Waals surface area contributed by atoms with E-state index in [1.165, 1.54) is 0 Å². The predicted octanol–water partition coefficient (Wildman–Crippen LogP) is 3.05. The van der Waals surface area contributed by atoms with Gasteiger partial charge in [-0.15, -0.1) is 0 Å². The maximum Gasteiger partial charge on any atom is 0.375 e. The Balaban J connectivity index is 2.02. The molecule has 8 heteroatoms. The third kappa shape index (κ3) is 5.57. The molecule has 6 nitrogen and oxygen atoms in total. The van der Waals surface area contributed by atoms with Crippen LogP contribution in [-0.2, 0) is 14.3 Å². The lowest BCUT2D eigenvalue weighted by atomic mass is 10.2. The third-order valence-corrected chi connectivity index (χ3v) is 3.75. The minimum atomic E-state index is -0.545. The van der Waals surface area contributed by atoms with Crippen LogP contribution in [0.3, 0.4) is 0 Å². The highest BCUT2D eigenvalue weighted by Crippen LogP contribution is 2.24. The molecule has 1 aliphatic rings. The van der Waals surface area contributed by atoms with E-state index in [1.54, 1.807) is 25.1 Å². The molecule has 0 aromatic heterocycles. The van der Waals surface area contributed by atoms with Gasteiger partial charge in [0.05, 0.1) is 30.0 Å². The van der Waals surface area contributed by atoms with Gasteiger partial charge < -0.3 is 9.47 Å². The zero-order chi connectivity index (χ0) is 16.7. The van der Waals surface area contributed by atoms with Crippen molar-refractivity contribution in [2.75, 3.05) is 25.2 Å². The van der Waals surface area contributed by atoms with Crippen molar-refractivity contribution in [1.29, 1.82) is 0 Å². The number of hydrogen-bond acceptors (Lipinski definition) is 5. The van der Waals surface area contributed by atoms with Crippen LogP contribution in [-0.4, -0.2) is 37.7 Å². The molecular formula is C15H19Cl2N3O3. The number of anilines is 1. The Kier molecular flexibility index (Phi) is 6.95. The van der Waals surface area contributed by atoms with Gasteiger partial charge in [-0.3, -0.25) is 15.8 Å². The van der Waals surface area contributed by atoms with Gasteiger partial charge in [0.15, 0.2) is 0 Å². The molecule has 0 radical (unpaired) electrons. The second-order valence-electron chi connectivity index (χ2n) is 4.92. The summed E-state index contributed by atoms with van der Waals surface area (Å²) in [4.78, 5) is 16.2. The average molecular weight is 360 g/mol.